The Morgan fingerprint density at radius 3 is 2.86 bits per heavy atom. The van der Waals surface area contributed by atoms with Gasteiger partial charge in [-0.05, 0) is 37.3 Å². The molecule has 0 fully saturated rings. The van der Waals surface area contributed by atoms with Gasteiger partial charge in [0.1, 0.15) is 0 Å². The summed E-state index contributed by atoms with van der Waals surface area (Å²) in [6, 6.07) is 11.7. The van der Waals surface area contributed by atoms with Gasteiger partial charge in [0.2, 0.25) is 0 Å². The van der Waals surface area contributed by atoms with Crippen LogP contribution in [0.1, 0.15) is 28.8 Å². The van der Waals surface area contributed by atoms with Crippen molar-refractivity contribution in [2.75, 3.05) is 12.8 Å². The number of carbonyl (C=O) groups excluding carboxylic acids is 1. The fourth-order valence-electron chi connectivity index (χ4n) is 2.50. The minimum absolute atomic E-state index is 0.0908. The first kappa shape index (κ1) is 14.8. The maximum Gasteiger partial charge on any atom is 0.275 e. The minimum Gasteiger partial charge on any atom is -0.267 e. The second-order valence-corrected chi connectivity index (χ2v) is 5.87. The molecule has 5 heteroatoms. The Bertz CT molecular complexity index is 700. The van der Waals surface area contributed by atoms with Crippen LogP contribution < -0.4 is 0 Å². The number of hydrazone groups is 1. The van der Waals surface area contributed by atoms with Crippen LogP contribution in [0.5, 0.6) is 0 Å². The van der Waals surface area contributed by atoms with Crippen LogP contribution in [0.2, 0.25) is 0 Å². The van der Waals surface area contributed by atoms with E-state index in [0.29, 0.717) is 12.1 Å². The summed E-state index contributed by atoms with van der Waals surface area (Å²) in [5, 5.41) is 6.16. The van der Waals surface area contributed by atoms with Crippen LogP contribution >= 0.6 is 11.8 Å². The summed E-state index contributed by atoms with van der Waals surface area (Å²) in [6.45, 7) is 0.651. The lowest BCUT2D eigenvalue weighted by molar-refractivity contribution is 0.0751. The number of hydrogen-bond donors (Lipinski definition) is 0. The molecule has 2 aromatic rings. The molecule has 0 spiro atoms. The molecule has 0 unspecified atom stereocenters. The van der Waals surface area contributed by atoms with Crippen LogP contribution in [-0.4, -0.2) is 34.4 Å². The lowest BCUT2D eigenvalue weighted by atomic mass is 10.0. The molecule has 1 amide bonds. The smallest absolute Gasteiger partial charge is 0.267 e. The van der Waals surface area contributed by atoms with Gasteiger partial charge in [-0.1, -0.05) is 18.2 Å². The van der Waals surface area contributed by atoms with Gasteiger partial charge in [-0.25, -0.2) is 5.01 Å². The molecule has 0 N–H and O–H groups in total. The molecule has 1 aromatic carbocycles. The van der Waals surface area contributed by atoms with Crippen LogP contribution in [0.3, 0.4) is 0 Å². The summed E-state index contributed by atoms with van der Waals surface area (Å²) in [6.07, 6.45) is 7.13. The molecule has 0 atom stereocenters. The first-order chi connectivity index (χ1) is 10.8. The van der Waals surface area contributed by atoms with Crippen molar-refractivity contribution in [2.24, 2.45) is 5.10 Å². The SMILES string of the molecule is CSc1ccccc1C1=NN(C(=O)c2cccnc2)CCC1. The molecule has 4 nitrogen and oxygen atoms in total. The fourth-order valence-corrected chi connectivity index (χ4v) is 3.12. The summed E-state index contributed by atoms with van der Waals surface area (Å²) in [5.41, 5.74) is 2.68. The van der Waals surface area contributed by atoms with Crippen LogP contribution in [0.15, 0.2) is 58.8 Å². The summed E-state index contributed by atoms with van der Waals surface area (Å²) in [4.78, 5) is 17.7. The third-order valence-electron chi connectivity index (χ3n) is 3.59. The van der Waals surface area contributed by atoms with Crippen molar-refractivity contribution in [1.29, 1.82) is 0 Å². The van der Waals surface area contributed by atoms with Crippen molar-refractivity contribution in [3.63, 3.8) is 0 Å². The molecule has 2 heterocycles. The second-order valence-electron chi connectivity index (χ2n) is 5.02. The molecular weight excluding hydrogens is 294 g/mol. The topological polar surface area (TPSA) is 45.6 Å². The van der Waals surface area contributed by atoms with E-state index in [-0.39, 0.29) is 5.91 Å². The van der Waals surface area contributed by atoms with Crippen molar-refractivity contribution >= 4 is 23.4 Å². The van der Waals surface area contributed by atoms with E-state index in [4.69, 9.17) is 0 Å². The summed E-state index contributed by atoms with van der Waals surface area (Å²) in [7, 11) is 0. The van der Waals surface area contributed by atoms with Gasteiger partial charge in [0, 0.05) is 29.4 Å². The quantitative estimate of drug-likeness (QED) is 0.816. The maximum atomic E-state index is 12.5. The highest BCUT2D eigenvalue weighted by Crippen LogP contribution is 2.24. The molecule has 1 aliphatic rings. The van der Waals surface area contributed by atoms with Gasteiger partial charge >= 0.3 is 0 Å². The Hall–Kier alpha value is -2.14. The molecule has 0 bridgehead atoms. The number of pyridine rings is 1. The van der Waals surface area contributed by atoms with Crippen LogP contribution in [0, 0.1) is 0 Å². The number of aromatic nitrogens is 1. The van der Waals surface area contributed by atoms with Crippen molar-refractivity contribution < 1.29 is 4.79 Å². The van der Waals surface area contributed by atoms with E-state index >= 15 is 0 Å². The van der Waals surface area contributed by atoms with Crippen molar-refractivity contribution in [3.8, 4) is 0 Å². The number of carbonyl (C=O) groups is 1. The number of benzene rings is 1. The van der Waals surface area contributed by atoms with Gasteiger partial charge < -0.3 is 0 Å². The van der Waals surface area contributed by atoms with Gasteiger partial charge in [0.05, 0.1) is 11.3 Å². The highest BCUT2D eigenvalue weighted by Gasteiger charge is 2.21. The molecule has 0 radical (unpaired) electrons. The largest absolute Gasteiger partial charge is 0.275 e. The molecule has 112 valence electrons. The Morgan fingerprint density at radius 1 is 1.23 bits per heavy atom. The maximum absolute atomic E-state index is 12.5. The van der Waals surface area contributed by atoms with Gasteiger partial charge in [-0.3, -0.25) is 9.78 Å². The minimum atomic E-state index is -0.0908. The number of amides is 1. The average molecular weight is 311 g/mol. The molecule has 1 aliphatic heterocycles. The second kappa shape index (κ2) is 6.75. The molecule has 0 aliphatic carbocycles. The Morgan fingerprint density at radius 2 is 2.09 bits per heavy atom. The molecule has 22 heavy (non-hydrogen) atoms. The van der Waals surface area contributed by atoms with Gasteiger partial charge in [0.15, 0.2) is 0 Å². The number of rotatable bonds is 3. The molecular formula is C17H17N3OS. The van der Waals surface area contributed by atoms with Crippen LogP contribution in [0.4, 0.5) is 0 Å². The van der Waals surface area contributed by atoms with Crippen molar-refractivity contribution in [1.82, 2.24) is 9.99 Å². The van der Waals surface area contributed by atoms with E-state index in [1.54, 1.807) is 41.3 Å². The summed E-state index contributed by atoms with van der Waals surface area (Å²) < 4.78 is 0. The van der Waals surface area contributed by atoms with Gasteiger partial charge in [-0.2, -0.15) is 5.10 Å². The lowest BCUT2D eigenvalue weighted by Gasteiger charge is -2.24. The molecule has 0 saturated carbocycles. The number of nitrogens with zero attached hydrogens (tertiary/aromatic N) is 3. The van der Waals surface area contributed by atoms with Crippen LogP contribution in [-0.2, 0) is 0 Å². The number of thioether (sulfide) groups is 1. The molecule has 0 saturated heterocycles. The lowest BCUT2D eigenvalue weighted by Crippen LogP contribution is -2.32. The zero-order valence-electron chi connectivity index (χ0n) is 12.4. The van der Waals surface area contributed by atoms with Gasteiger partial charge in [0.25, 0.3) is 5.91 Å². The fraction of sp³-hybridized carbons (Fsp3) is 0.235. The van der Waals surface area contributed by atoms with E-state index < -0.39 is 0 Å². The first-order valence-electron chi connectivity index (χ1n) is 7.22. The Balaban J connectivity index is 1.91. The Labute approximate surface area is 134 Å². The van der Waals surface area contributed by atoms with E-state index in [9.17, 15) is 4.79 Å². The van der Waals surface area contributed by atoms with E-state index in [2.05, 4.69) is 28.5 Å². The third kappa shape index (κ3) is 3.04. The predicted octanol–water partition coefficient (Wildman–Crippen LogP) is 3.44. The zero-order chi connectivity index (χ0) is 15.4. The van der Waals surface area contributed by atoms with Crippen molar-refractivity contribution in [3.05, 3.63) is 59.9 Å². The highest BCUT2D eigenvalue weighted by molar-refractivity contribution is 7.98. The van der Waals surface area contributed by atoms with Gasteiger partial charge in [-0.15, -0.1) is 11.8 Å². The van der Waals surface area contributed by atoms with E-state index in [1.807, 2.05) is 12.1 Å². The normalized spacial score (nSPS) is 14.6. The Kier molecular flexibility index (Phi) is 4.53. The van der Waals surface area contributed by atoms with Crippen molar-refractivity contribution in [2.45, 2.75) is 17.7 Å². The first-order valence-corrected chi connectivity index (χ1v) is 8.45. The average Bonchev–Trinajstić information content (AvgIpc) is 2.62. The zero-order valence-corrected chi connectivity index (χ0v) is 13.2. The monoisotopic (exact) mass is 311 g/mol. The number of hydrogen-bond acceptors (Lipinski definition) is 4. The molecule has 1 aromatic heterocycles. The predicted molar refractivity (Wildman–Crippen MR) is 89.3 cm³/mol. The third-order valence-corrected chi connectivity index (χ3v) is 4.38. The van der Waals surface area contributed by atoms with Crippen LogP contribution in [0.25, 0.3) is 0 Å². The van der Waals surface area contributed by atoms with E-state index in [1.165, 1.54) is 4.90 Å². The summed E-state index contributed by atoms with van der Waals surface area (Å²) in [5.74, 6) is -0.0908. The van der Waals surface area contributed by atoms with E-state index in [0.717, 1.165) is 24.1 Å². The highest BCUT2D eigenvalue weighted by atomic mass is 32.2. The summed E-state index contributed by atoms with van der Waals surface area (Å²) >= 11 is 1.70. The molecule has 3 rings (SSSR count). The standard InChI is InChI=1S/C17H17N3OS/c1-22-16-9-3-2-7-14(16)15-8-5-11-20(19-15)17(21)13-6-4-10-18-12-13/h2-4,6-7,9-10,12H,5,8,11H2,1H3.